The van der Waals surface area contributed by atoms with E-state index in [9.17, 15) is 9.59 Å². The maximum absolute atomic E-state index is 14.2. The van der Waals surface area contributed by atoms with E-state index in [4.69, 9.17) is 11.6 Å². The van der Waals surface area contributed by atoms with E-state index in [1.807, 2.05) is 6.07 Å². The van der Waals surface area contributed by atoms with Crippen molar-refractivity contribution < 1.29 is 9.59 Å². The number of hydrogen-bond acceptors (Lipinski definition) is 3. The lowest BCUT2D eigenvalue weighted by molar-refractivity contribution is -0.138. The number of halogens is 1. The Kier molecular flexibility index (Phi) is 6.64. The van der Waals surface area contributed by atoms with Crippen molar-refractivity contribution in [2.75, 3.05) is 11.9 Å². The molecule has 0 aromatic heterocycles. The van der Waals surface area contributed by atoms with Crippen molar-refractivity contribution in [3.8, 4) is 0 Å². The molecule has 2 fully saturated rings. The summed E-state index contributed by atoms with van der Waals surface area (Å²) >= 11 is 6.00. The molecule has 190 valence electrons. The first-order valence-corrected chi connectivity index (χ1v) is 13.8. The highest BCUT2D eigenvalue weighted by Crippen LogP contribution is 2.51. The third kappa shape index (κ3) is 4.61. The normalized spacial score (nSPS) is 26.5. The molecular weight excluding hydrogens is 482 g/mol. The number of nitrogens with one attached hydrogen (secondary N) is 2. The van der Waals surface area contributed by atoms with Crippen molar-refractivity contribution in [2.24, 2.45) is 11.8 Å². The Morgan fingerprint density at radius 3 is 2.41 bits per heavy atom. The van der Waals surface area contributed by atoms with Crippen molar-refractivity contribution in [1.82, 2.24) is 10.2 Å². The van der Waals surface area contributed by atoms with Gasteiger partial charge in [0.05, 0.1) is 18.0 Å². The summed E-state index contributed by atoms with van der Waals surface area (Å²) in [4.78, 5) is 29.4. The largest absolute Gasteiger partial charge is 0.378 e. The minimum atomic E-state index is -0.207. The lowest BCUT2D eigenvalue weighted by Gasteiger charge is -2.42. The van der Waals surface area contributed by atoms with Gasteiger partial charge in [0, 0.05) is 34.8 Å². The predicted molar refractivity (Wildman–Crippen MR) is 146 cm³/mol. The molecule has 2 amide bonds. The third-order valence-corrected chi connectivity index (χ3v) is 8.66. The lowest BCUT2D eigenvalue weighted by Crippen LogP contribution is -2.50. The molecule has 3 aromatic carbocycles. The molecule has 0 bridgehead atoms. The van der Waals surface area contributed by atoms with Crippen LogP contribution in [0.1, 0.15) is 65.7 Å². The fourth-order valence-corrected chi connectivity index (χ4v) is 6.75. The number of carbonyl (C=O) groups excluding carboxylic acids is 2. The Balaban J connectivity index is 1.27. The van der Waals surface area contributed by atoms with E-state index >= 15 is 0 Å². The second-order valence-electron chi connectivity index (χ2n) is 10.5. The number of hydrogen-bond donors (Lipinski definition) is 2. The number of likely N-dealkylation sites (tertiary alicyclic amines) is 1. The van der Waals surface area contributed by atoms with Crippen molar-refractivity contribution >= 4 is 29.1 Å². The number of fused-ring (bicyclic) bond motifs is 3. The molecule has 3 aromatic rings. The number of nitrogens with zero attached hydrogens (tertiary/aromatic N) is 1. The van der Waals surface area contributed by atoms with E-state index in [0.29, 0.717) is 16.5 Å². The summed E-state index contributed by atoms with van der Waals surface area (Å²) < 4.78 is 0. The molecule has 5 atom stereocenters. The van der Waals surface area contributed by atoms with Gasteiger partial charge in [-0.3, -0.25) is 9.59 Å². The van der Waals surface area contributed by atoms with Gasteiger partial charge in [-0.05, 0) is 60.7 Å². The third-order valence-electron chi connectivity index (χ3n) is 8.41. The van der Waals surface area contributed by atoms with Crippen LogP contribution in [0, 0.1) is 11.8 Å². The van der Waals surface area contributed by atoms with Crippen LogP contribution < -0.4 is 10.6 Å². The molecule has 0 spiro atoms. The summed E-state index contributed by atoms with van der Waals surface area (Å²) in [5.74, 6) is 0.127. The minimum Gasteiger partial charge on any atom is -0.378 e. The van der Waals surface area contributed by atoms with Crippen molar-refractivity contribution in [2.45, 2.75) is 50.2 Å². The molecule has 5 nitrogen and oxygen atoms in total. The molecule has 1 aliphatic carbocycles. The maximum atomic E-state index is 14.2. The molecule has 6 rings (SSSR count). The Bertz CT molecular complexity index is 1280. The highest BCUT2D eigenvalue weighted by molar-refractivity contribution is 6.30. The predicted octanol–water partition coefficient (Wildman–Crippen LogP) is 6.39. The van der Waals surface area contributed by atoms with Gasteiger partial charge in [-0.1, -0.05) is 73.0 Å². The van der Waals surface area contributed by atoms with Gasteiger partial charge in [0.1, 0.15) is 0 Å². The quantitative estimate of drug-likeness (QED) is 0.425. The highest BCUT2D eigenvalue weighted by atomic mass is 35.5. The van der Waals surface area contributed by atoms with Crippen LogP contribution in [0.3, 0.4) is 0 Å². The summed E-state index contributed by atoms with van der Waals surface area (Å²) in [5.41, 5.74) is 4.13. The summed E-state index contributed by atoms with van der Waals surface area (Å²) in [7, 11) is 0. The van der Waals surface area contributed by atoms with Crippen molar-refractivity contribution in [1.29, 1.82) is 0 Å². The molecular formula is C31H32ClN3O2. The van der Waals surface area contributed by atoms with Gasteiger partial charge in [0.15, 0.2) is 0 Å². The van der Waals surface area contributed by atoms with Crippen LogP contribution in [0.4, 0.5) is 5.69 Å². The number of anilines is 1. The Labute approximate surface area is 223 Å². The first-order valence-electron chi connectivity index (χ1n) is 13.4. The van der Waals surface area contributed by atoms with Gasteiger partial charge in [0.2, 0.25) is 5.91 Å². The summed E-state index contributed by atoms with van der Waals surface area (Å²) in [6.07, 6.45) is 4.61. The topological polar surface area (TPSA) is 61.4 Å². The van der Waals surface area contributed by atoms with Gasteiger partial charge in [-0.2, -0.15) is 0 Å². The van der Waals surface area contributed by atoms with E-state index < -0.39 is 0 Å². The van der Waals surface area contributed by atoms with E-state index in [1.165, 1.54) is 11.1 Å². The number of benzene rings is 3. The maximum Gasteiger partial charge on any atom is 0.251 e. The average molecular weight is 514 g/mol. The summed E-state index contributed by atoms with van der Waals surface area (Å²) in [6, 6.07) is 25.9. The molecule has 6 heteroatoms. The van der Waals surface area contributed by atoms with E-state index in [2.05, 4.69) is 64.1 Å². The van der Waals surface area contributed by atoms with Crippen molar-refractivity contribution in [3.05, 3.63) is 101 Å². The molecule has 1 saturated carbocycles. The average Bonchev–Trinajstić information content (AvgIpc) is 3.39. The molecule has 2 heterocycles. The molecule has 0 radical (unpaired) electrons. The Hall–Kier alpha value is -3.31. The molecule has 0 unspecified atom stereocenters. The number of amides is 2. The van der Waals surface area contributed by atoms with Gasteiger partial charge in [-0.25, -0.2) is 0 Å². The monoisotopic (exact) mass is 513 g/mol. The number of para-hydroxylation sites is 1. The van der Waals surface area contributed by atoms with Crippen LogP contribution in [0.5, 0.6) is 0 Å². The second-order valence-corrected chi connectivity index (χ2v) is 11.0. The summed E-state index contributed by atoms with van der Waals surface area (Å²) in [5, 5.41) is 7.57. The highest BCUT2D eigenvalue weighted by Gasteiger charge is 2.48. The standard InChI is InChI=1S/C31H32ClN3O2/c32-22-16-14-21(15-17-22)30(36)34-27-13-7-5-11-24(27)31(37)35-19-18-25-28(20-8-2-1-3-9-20)33-26-12-6-4-10-23(26)29(25)35/h1-4,6,8-10,12,14-17,24-25,27-29,33H,5,7,11,13,18-19H2,(H,34,36)/t24-,25-,27+,28-,29-/m0/s1. The van der Waals surface area contributed by atoms with Gasteiger partial charge in [0.25, 0.3) is 5.91 Å². The molecule has 37 heavy (non-hydrogen) atoms. The Morgan fingerprint density at radius 1 is 0.865 bits per heavy atom. The van der Waals surface area contributed by atoms with Crippen molar-refractivity contribution in [3.63, 3.8) is 0 Å². The van der Waals surface area contributed by atoms with Crippen LogP contribution in [0.25, 0.3) is 0 Å². The number of carbonyl (C=O) groups is 2. The summed E-state index contributed by atoms with van der Waals surface area (Å²) in [6.45, 7) is 0.738. The Morgan fingerprint density at radius 2 is 1.59 bits per heavy atom. The molecule has 2 N–H and O–H groups in total. The van der Waals surface area contributed by atoms with Crippen LogP contribution >= 0.6 is 11.6 Å². The molecule has 3 aliphatic rings. The van der Waals surface area contributed by atoms with Crippen LogP contribution in [0.2, 0.25) is 5.02 Å². The SMILES string of the molecule is O=C(N[C@@H]1CCCC[C@@H]1C(=O)N1CC[C@H]2[C@H](c3ccccc3)Nc3ccccc3[C@@H]21)c1ccc(Cl)cc1. The zero-order valence-corrected chi connectivity index (χ0v) is 21.5. The van der Waals surface area contributed by atoms with E-state index in [-0.39, 0.29) is 35.9 Å². The second kappa shape index (κ2) is 10.2. The van der Waals surface area contributed by atoms with Gasteiger partial charge >= 0.3 is 0 Å². The fourth-order valence-electron chi connectivity index (χ4n) is 6.63. The number of rotatable bonds is 4. The van der Waals surface area contributed by atoms with E-state index in [0.717, 1.165) is 44.3 Å². The van der Waals surface area contributed by atoms with Gasteiger partial charge < -0.3 is 15.5 Å². The smallest absolute Gasteiger partial charge is 0.251 e. The first kappa shape index (κ1) is 24.1. The zero-order chi connectivity index (χ0) is 25.4. The van der Waals surface area contributed by atoms with Crippen LogP contribution in [-0.4, -0.2) is 29.3 Å². The first-order chi connectivity index (χ1) is 18.1. The minimum absolute atomic E-state index is 0.0321. The van der Waals surface area contributed by atoms with E-state index in [1.54, 1.807) is 24.3 Å². The molecule has 2 aliphatic heterocycles. The molecule has 1 saturated heterocycles. The zero-order valence-electron chi connectivity index (χ0n) is 20.8. The van der Waals surface area contributed by atoms with Crippen LogP contribution in [0.15, 0.2) is 78.9 Å². The van der Waals surface area contributed by atoms with Gasteiger partial charge in [-0.15, -0.1) is 0 Å². The van der Waals surface area contributed by atoms with Crippen LogP contribution in [-0.2, 0) is 4.79 Å². The lowest BCUT2D eigenvalue weighted by atomic mass is 9.79. The fraction of sp³-hybridized carbons (Fsp3) is 0.355.